The molecular formula is C18H21N5O. The highest BCUT2D eigenvalue weighted by molar-refractivity contribution is 5.76. The van der Waals surface area contributed by atoms with E-state index in [9.17, 15) is 4.79 Å². The number of rotatable bonds is 5. The lowest BCUT2D eigenvalue weighted by atomic mass is 10.1. The Hall–Kier alpha value is -2.76. The van der Waals surface area contributed by atoms with Gasteiger partial charge >= 0.3 is 0 Å². The van der Waals surface area contributed by atoms with Crippen molar-refractivity contribution < 1.29 is 4.79 Å². The van der Waals surface area contributed by atoms with Crippen LogP contribution in [0.3, 0.4) is 0 Å². The van der Waals surface area contributed by atoms with E-state index in [1.807, 2.05) is 24.3 Å². The minimum absolute atomic E-state index is 0.00467. The molecule has 1 amide bonds. The van der Waals surface area contributed by atoms with Crippen LogP contribution in [0.25, 0.3) is 5.78 Å². The summed E-state index contributed by atoms with van der Waals surface area (Å²) in [6.07, 6.45) is 1.18. The zero-order valence-corrected chi connectivity index (χ0v) is 14.2. The van der Waals surface area contributed by atoms with E-state index in [0.717, 1.165) is 17.8 Å². The first kappa shape index (κ1) is 16.1. The molecule has 0 radical (unpaired) electrons. The molecule has 0 aliphatic heterocycles. The van der Waals surface area contributed by atoms with Crippen LogP contribution in [0.4, 0.5) is 0 Å². The predicted molar refractivity (Wildman–Crippen MR) is 91.6 cm³/mol. The van der Waals surface area contributed by atoms with Crippen molar-refractivity contribution in [1.82, 2.24) is 24.9 Å². The summed E-state index contributed by atoms with van der Waals surface area (Å²) < 4.78 is 1.87. The number of carbonyl (C=O) groups excluding carboxylic acids is 1. The topological polar surface area (TPSA) is 72.2 Å². The molecule has 0 saturated heterocycles. The Kier molecular flexibility index (Phi) is 4.55. The largest absolute Gasteiger partial charge is 0.349 e. The maximum atomic E-state index is 12.1. The lowest BCUT2D eigenvalue weighted by Gasteiger charge is -2.06. The minimum atomic E-state index is 0.00467. The van der Waals surface area contributed by atoms with Crippen molar-refractivity contribution in [2.75, 3.05) is 0 Å². The molecule has 0 aliphatic rings. The molecule has 0 saturated carbocycles. The fourth-order valence-electron chi connectivity index (χ4n) is 2.69. The van der Waals surface area contributed by atoms with Crippen molar-refractivity contribution >= 4 is 11.7 Å². The molecule has 0 fully saturated rings. The minimum Gasteiger partial charge on any atom is -0.349 e. The molecule has 0 unspecified atom stereocenters. The quantitative estimate of drug-likeness (QED) is 0.782. The van der Waals surface area contributed by atoms with Crippen molar-refractivity contribution in [3.8, 4) is 0 Å². The molecule has 3 rings (SSSR count). The molecule has 24 heavy (non-hydrogen) atoms. The monoisotopic (exact) mass is 323 g/mol. The first-order valence-corrected chi connectivity index (χ1v) is 8.03. The van der Waals surface area contributed by atoms with E-state index < -0.39 is 0 Å². The van der Waals surface area contributed by atoms with Crippen LogP contribution in [-0.2, 0) is 17.8 Å². The van der Waals surface area contributed by atoms with Gasteiger partial charge in [0.2, 0.25) is 5.91 Å². The lowest BCUT2D eigenvalue weighted by Crippen LogP contribution is -2.24. The summed E-state index contributed by atoms with van der Waals surface area (Å²) in [5, 5.41) is 11.1. The second-order valence-electron chi connectivity index (χ2n) is 6.05. The van der Waals surface area contributed by atoms with Crippen LogP contribution in [-0.4, -0.2) is 25.5 Å². The Morgan fingerprint density at radius 2 is 1.88 bits per heavy atom. The highest BCUT2D eigenvalue weighted by Crippen LogP contribution is 2.08. The second kappa shape index (κ2) is 6.78. The van der Waals surface area contributed by atoms with Crippen molar-refractivity contribution in [1.29, 1.82) is 0 Å². The SMILES string of the molecule is Cc1ccc(CCC(=O)NCc2nnc3nc(C)cc(C)n23)cc1. The van der Waals surface area contributed by atoms with Gasteiger partial charge in [0.25, 0.3) is 5.78 Å². The van der Waals surface area contributed by atoms with Crippen molar-refractivity contribution in [2.45, 2.75) is 40.2 Å². The maximum Gasteiger partial charge on any atom is 0.255 e. The third kappa shape index (κ3) is 3.59. The van der Waals surface area contributed by atoms with Gasteiger partial charge in [-0.1, -0.05) is 29.8 Å². The van der Waals surface area contributed by atoms with Gasteiger partial charge in [-0.2, -0.15) is 0 Å². The summed E-state index contributed by atoms with van der Waals surface area (Å²) >= 11 is 0. The van der Waals surface area contributed by atoms with E-state index >= 15 is 0 Å². The first-order valence-electron chi connectivity index (χ1n) is 8.03. The van der Waals surface area contributed by atoms with Crippen molar-refractivity contribution in [3.63, 3.8) is 0 Å². The fraction of sp³-hybridized carbons (Fsp3) is 0.333. The molecule has 0 bridgehead atoms. The van der Waals surface area contributed by atoms with E-state index in [2.05, 4.69) is 51.7 Å². The van der Waals surface area contributed by atoms with Gasteiger partial charge in [-0.3, -0.25) is 9.20 Å². The number of nitrogens with one attached hydrogen (secondary N) is 1. The number of aromatic nitrogens is 4. The van der Waals surface area contributed by atoms with Crippen molar-refractivity contribution in [3.05, 3.63) is 58.7 Å². The first-order chi connectivity index (χ1) is 11.5. The predicted octanol–water partition coefficient (Wildman–Crippen LogP) is 2.30. The molecule has 0 aliphatic carbocycles. The van der Waals surface area contributed by atoms with Gasteiger partial charge in [0.05, 0.1) is 6.54 Å². The van der Waals surface area contributed by atoms with E-state index in [4.69, 9.17) is 0 Å². The number of fused-ring (bicyclic) bond motifs is 1. The number of nitrogens with zero attached hydrogens (tertiary/aromatic N) is 4. The van der Waals surface area contributed by atoms with Gasteiger partial charge in [-0.05, 0) is 38.8 Å². The van der Waals surface area contributed by atoms with Crippen LogP contribution < -0.4 is 5.32 Å². The number of hydrogen-bond acceptors (Lipinski definition) is 4. The normalized spacial score (nSPS) is 11.0. The fourth-order valence-corrected chi connectivity index (χ4v) is 2.69. The Bertz CT molecular complexity index is 867. The van der Waals surface area contributed by atoms with Gasteiger partial charge in [-0.25, -0.2) is 4.98 Å². The smallest absolute Gasteiger partial charge is 0.255 e. The molecular weight excluding hydrogens is 302 g/mol. The molecule has 1 N–H and O–H groups in total. The zero-order valence-electron chi connectivity index (χ0n) is 14.2. The number of hydrogen-bond donors (Lipinski definition) is 1. The average Bonchev–Trinajstić information content (AvgIpc) is 2.95. The van der Waals surface area contributed by atoms with E-state index in [-0.39, 0.29) is 5.91 Å². The molecule has 0 spiro atoms. The molecule has 3 aromatic rings. The van der Waals surface area contributed by atoms with Crippen LogP contribution in [0.15, 0.2) is 30.3 Å². The third-order valence-electron chi connectivity index (χ3n) is 3.96. The maximum absolute atomic E-state index is 12.1. The Labute approximate surface area is 141 Å². The van der Waals surface area contributed by atoms with Gasteiger partial charge in [-0.15, -0.1) is 10.2 Å². The van der Waals surface area contributed by atoms with E-state index in [1.54, 1.807) is 0 Å². The molecule has 2 aromatic heterocycles. The highest BCUT2D eigenvalue weighted by atomic mass is 16.1. The Morgan fingerprint density at radius 1 is 1.12 bits per heavy atom. The van der Waals surface area contributed by atoms with Gasteiger partial charge in [0, 0.05) is 17.8 Å². The zero-order chi connectivity index (χ0) is 17.1. The summed E-state index contributed by atoms with van der Waals surface area (Å²) in [5.41, 5.74) is 4.30. The Morgan fingerprint density at radius 3 is 2.62 bits per heavy atom. The average molecular weight is 323 g/mol. The molecule has 124 valence electrons. The van der Waals surface area contributed by atoms with Gasteiger partial charge in [0.15, 0.2) is 5.82 Å². The summed E-state index contributed by atoms with van der Waals surface area (Å²) in [7, 11) is 0. The second-order valence-corrected chi connectivity index (χ2v) is 6.05. The lowest BCUT2D eigenvalue weighted by molar-refractivity contribution is -0.121. The van der Waals surface area contributed by atoms with Crippen LogP contribution in [0.5, 0.6) is 0 Å². The van der Waals surface area contributed by atoms with Crippen LogP contribution >= 0.6 is 0 Å². The standard InChI is InChI=1S/C18H21N5O/c1-12-4-6-15(7-5-12)8-9-17(24)19-11-16-21-22-18-20-13(2)10-14(3)23(16)18/h4-7,10H,8-9,11H2,1-3H3,(H,19,24). The number of benzene rings is 1. The molecule has 6 heteroatoms. The van der Waals surface area contributed by atoms with Crippen LogP contribution in [0.1, 0.15) is 34.8 Å². The molecule has 2 heterocycles. The van der Waals surface area contributed by atoms with Crippen LogP contribution in [0, 0.1) is 20.8 Å². The van der Waals surface area contributed by atoms with Crippen LogP contribution in [0.2, 0.25) is 0 Å². The van der Waals surface area contributed by atoms with E-state index in [0.29, 0.717) is 24.6 Å². The summed E-state index contributed by atoms with van der Waals surface area (Å²) in [5.74, 6) is 1.26. The highest BCUT2D eigenvalue weighted by Gasteiger charge is 2.11. The third-order valence-corrected chi connectivity index (χ3v) is 3.96. The molecule has 6 nitrogen and oxygen atoms in total. The van der Waals surface area contributed by atoms with Crippen molar-refractivity contribution in [2.24, 2.45) is 0 Å². The molecule has 0 atom stereocenters. The number of amides is 1. The summed E-state index contributed by atoms with van der Waals surface area (Å²) in [4.78, 5) is 16.4. The number of carbonyl (C=O) groups is 1. The number of aryl methyl sites for hydroxylation is 4. The van der Waals surface area contributed by atoms with Gasteiger partial charge in [0.1, 0.15) is 0 Å². The molecule has 1 aromatic carbocycles. The Balaban J connectivity index is 1.59. The summed E-state index contributed by atoms with van der Waals surface area (Å²) in [6, 6.07) is 10.2. The van der Waals surface area contributed by atoms with E-state index in [1.165, 1.54) is 11.1 Å². The summed E-state index contributed by atoms with van der Waals surface area (Å²) in [6.45, 7) is 6.30. The van der Waals surface area contributed by atoms with Gasteiger partial charge < -0.3 is 5.32 Å².